The average molecular weight is 445 g/mol. The molecular weight excluding hydrogens is 420 g/mol. The SMILES string of the molecule is Cc1ccc(-c2ccc3[nH]cc(Sc4c[nH]c5ccc(-c6ccc(C)cc6)cc45)c3c2)cc1. The van der Waals surface area contributed by atoms with Crippen LogP contribution in [0.2, 0.25) is 0 Å². The molecule has 6 rings (SSSR count). The zero-order valence-corrected chi connectivity index (χ0v) is 19.5. The number of hydrogen-bond donors (Lipinski definition) is 2. The van der Waals surface area contributed by atoms with Crippen LogP contribution in [-0.4, -0.2) is 9.97 Å². The molecule has 160 valence electrons. The molecule has 33 heavy (non-hydrogen) atoms. The van der Waals surface area contributed by atoms with Gasteiger partial charge in [-0.1, -0.05) is 83.6 Å². The molecule has 0 radical (unpaired) electrons. The molecule has 0 aliphatic rings. The largest absolute Gasteiger partial charge is 0.360 e. The highest BCUT2D eigenvalue weighted by molar-refractivity contribution is 7.99. The average Bonchev–Trinajstić information content (AvgIpc) is 3.44. The summed E-state index contributed by atoms with van der Waals surface area (Å²) in [5, 5.41) is 2.50. The summed E-state index contributed by atoms with van der Waals surface area (Å²) in [5.41, 5.74) is 9.85. The predicted octanol–water partition coefficient (Wildman–Crippen LogP) is 8.75. The number of aryl methyl sites for hydroxylation is 2. The number of fused-ring (bicyclic) bond motifs is 2. The molecule has 0 amide bonds. The standard InChI is InChI=1S/C30H24N2S/c1-19-3-7-21(8-4-19)23-11-13-27-25(15-23)29(17-31-27)33-30-18-32-28-14-12-24(16-26(28)30)22-9-5-20(2)6-10-22/h3-18,31-32H,1-2H3. The van der Waals surface area contributed by atoms with Gasteiger partial charge in [0.1, 0.15) is 0 Å². The zero-order chi connectivity index (χ0) is 22.4. The fourth-order valence-electron chi connectivity index (χ4n) is 4.33. The minimum Gasteiger partial charge on any atom is -0.360 e. The summed E-state index contributed by atoms with van der Waals surface area (Å²) in [6, 6.07) is 30.8. The van der Waals surface area contributed by atoms with E-state index in [0.29, 0.717) is 0 Å². The van der Waals surface area contributed by atoms with E-state index in [2.05, 4.69) is 121 Å². The van der Waals surface area contributed by atoms with Crippen molar-refractivity contribution in [3.05, 3.63) is 108 Å². The third-order valence-electron chi connectivity index (χ3n) is 6.28. The number of aromatic amines is 2. The van der Waals surface area contributed by atoms with E-state index in [1.807, 2.05) is 11.8 Å². The summed E-state index contributed by atoms with van der Waals surface area (Å²) in [4.78, 5) is 9.37. The third-order valence-corrected chi connectivity index (χ3v) is 7.39. The van der Waals surface area contributed by atoms with Crippen LogP contribution >= 0.6 is 11.8 Å². The fraction of sp³-hybridized carbons (Fsp3) is 0.0667. The van der Waals surface area contributed by atoms with Crippen molar-refractivity contribution in [3.8, 4) is 22.3 Å². The molecule has 0 saturated carbocycles. The van der Waals surface area contributed by atoms with Crippen molar-refractivity contribution >= 4 is 33.6 Å². The van der Waals surface area contributed by atoms with E-state index in [4.69, 9.17) is 0 Å². The second kappa shape index (κ2) is 8.02. The van der Waals surface area contributed by atoms with Crippen molar-refractivity contribution < 1.29 is 0 Å². The lowest BCUT2D eigenvalue weighted by Gasteiger charge is -2.05. The van der Waals surface area contributed by atoms with E-state index in [0.717, 1.165) is 11.0 Å². The monoisotopic (exact) mass is 444 g/mol. The molecule has 2 aromatic heterocycles. The van der Waals surface area contributed by atoms with Gasteiger partial charge in [0.15, 0.2) is 0 Å². The molecule has 0 unspecified atom stereocenters. The van der Waals surface area contributed by atoms with E-state index in [1.165, 1.54) is 53.9 Å². The van der Waals surface area contributed by atoms with Crippen molar-refractivity contribution in [2.75, 3.05) is 0 Å². The first-order chi connectivity index (χ1) is 16.1. The molecule has 0 spiro atoms. The quantitative estimate of drug-likeness (QED) is 0.280. The summed E-state index contributed by atoms with van der Waals surface area (Å²) in [6.07, 6.45) is 4.24. The molecule has 2 N–H and O–H groups in total. The van der Waals surface area contributed by atoms with Gasteiger partial charge in [-0.15, -0.1) is 0 Å². The maximum atomic E-state index is 3.45. The van der Waals surface area contributed by atoms with Gasteiger partial charge in [0.25, 0.3) is 0 Å². The van der Waals surface area contributed by atoms with Crippen LogP contribution in [0.3, 0.4) is 0 Å². The van der Waals surface area contributed by atoms with Crippen LogP contribution in [0.15, 0.2) is 107 Å². The highest BCUT2D eigenvalue weighted by Gasteiger charge is 2.12. The molecule has 0 fully saturated rings. The molecular formula is C30H24N2S. The van der Waals surface area contributed by atoms with Crippen molar-refractivity contribution in [2.24, 2.45) is 0 Å². The van der Waals surface area contributed by atoms with Crippen LogP contribution < -0.4 is 0 Å². The number of hydrogen-bond acceptors (Lipinski definition) is 1. The molecule has 0 atom stereocenters. The number of nitrogens with one attached hydrogen (secondary N) is 2. The van der Waals surface area contributed by atoms with E-state index in [-0.39, 0.29) is 0 Å². The van der Waals surface area contributed by atoms with Crippen molar-refractivity contribution in [1.29, 1.82) is 0 Å². The first-order valence-electron chi connectivity index (χ1n) is 11.2. The van der Waals surface area contributed by atoms with E-state index in [9.17, 15) is 0 Å². The Morgan fingerprint density at radius 1 is 0.485 bits per heavy atom. The van der Waals surface area contributed by atoms with E-state index in [1.54, 1.807) is 0 Å². The summed E-state index contributed by atoms with van der Waals surface area (Å²) in [5.74, 6) is 0. The molecule has 3 heteroatoms. The molecule has 0 saturated heterocycles. The lowest BCUT2D eigenvalue weighted by atomic mass is 10.0. The van der Waals surface area contributed by atoms with Crippen LogP contribution in [0.4, 0.5) is 0 Å². The zero-order valence-electron chi connectivity index (χ0n) is 18.6. The molecule has 2 heterocycles. The molecule has 6 aromatic rings. The second-order valence-electron chi connectivity index (χ2n) is 8.66. The van der Waals surface area contributed by atoms with Gasteiger partial charge in [-0.05, 0) is 60.4 Å². The van der Waals surface area contributed by atoms with Gasteiger partial charge in [-0.25, -0.2) is 0 Å². The predicted molar refractivity (Wildman–Crippen MR) is 141 cm³/mol. The Balaban J connectivity index is 1.38. The minimum absolute atomic E-state index is 1.16. The van der Waals surface area contributed by atoms with Crippen molar-refractivity contribution in [1.82, 2.24) is 9.97 Å². The molecule has 4 aromatic carbocycles. The fourth-order valence-corrected chi connectivity index (χ4v) is 5.36. The van der Waals surface area contributed by atoms with Crippen LogP contribution in [0.5, 0.6) is 0 Å². The topological polar surface area (TPSA) is 31.6 Å². The molecule has 2 nitrogen and oxygen atoms in total. The highest BCUT2D eigenvalue weighted by atomic mass is 32.2. The Bertz CT molecular complexity index is 1460. The first kappa shape index (κ1) is 20.0. The summed E-state index contributed by atoms with van der Waals surface area (Å²) in [6.45, 7) is 4.25. The smallest absolute Gasteiger partial charge is 0.0466 e. The number of rotatable bonds is 4. The maximum absolute atomic E-state index is 3.45. The molecule has 0 bridgehead atoms. The van der Waals surface area contributed by atoms with Gasteiger partial charge in [-0.3, -0.25) is 0 Å². The minimum atomic E-state index is 1.16. The molecule has 0 aliphatic carbocycles. The maximum Gasteiger partial charge on any atom is 0.0466 e. The summed E-state index contributed by atoms with van der Waals surface area (Å²) < 4.78 is 0. The van der Waals surface area contributed by atoms with Crippen LogP contribution in [0, 0.1) is 13.8 Å². The van der Waals surface area contributed by atoms with Crippen LogP contribution in [0.1, 0.15) is 11.1 Å². The lowest BCUT2D eigenvalue weighted by Crippen LogP contribution is -1.80. The van der Waals surface area contributed by atoms with Gasteiger partial charge in [-0.2, -0.15) is 0 Å². The normalized spacial score (nSPS) is 11.5. The Kier molecular flexibility index (Phi) is 4.85. The van der Waals surface area contributed by atoms with Crippen molar-refractivity contribution in [3.63, 3.8) is 0 Å². The van der Waals surface area contributed by atoms with Gasteiger partial charge in [0, 0.05) is 44.0 Å². The Labute approximate surface area is 197 Å². The van der Waals surface area contributed by atoms with Gasteiger partial charge in [0.2, 0.25) is 0 Å². The van der Waals surface area contributed by atoms with Gasteiger partial charge >= 0.3 is 0 Å². The molecule has 0 aliphatic heterocycles. The number of H-pyrrole nitrogens is 2. The Hall–Kier alpha value is -3.69. The van der Waals surface area contributed by atoms with Crippen LogP contribution in [-0.2, 0) is 0 Å². The van der Waals surface area contributed by atoms with Gasteiger partial charge in [0.05, 0.1) is 0 Å². The third kappa shape index (κ3) is 3.75. The lowest BCUT2D eigenvalue weighted by molar-refractivity contribution is 1.39. The van der Waals surface area contributed by atoms with E-state index < -0.39 is 0 Å². The van der Waals surface area contributed by atoms with Gasteiger partial charge < -0.3 is 9.97 Å². The van der Waals surface area contributed by atoms with Crippen molar-refractivity contribution in [2.45, 2.75) is 23.6 Å². The highest BCUT2D eigenvalue weighted by Crippen LogP contribution is 2.39. The Morgan fingerprint density at radius 2 is 0.879 bits per heavy atom. The summed E-state index contributed by atoms with van der Waals surface area (Å²) >= 11 is 1.81. The Morgan fingerprint density at radius 3 is 1.30 bits per heavy atom. The first-order valence-corrected chi connectivity index (χ1v) is 12.0. The van der Waals surface area contributed by atoms with Crippen LogP contribution in [0.25, 0.3) is 44.1 Å². The van der Waals surface area contributed by atoms with E-state index >= 15 is 0 Å². The second-order valence-corrected chi connectivity index (χ2v) is 9.74. The summed E-state index contributed by atoms with van der Waals surface area (Å²) in [7, 11) is 0. The number of benzene rings is 4. The number of aromatic nitrogens is 2.